The molecule has 0 bridgehead atoms. The molecule has 1 aromatic carbocycles. The fourth-order valence-electron chi connectivity index (χ4n) is 2.18. The van der Waals surface area contributed by atoms with Crippen LogP contribution in [-0.2, 0) is 4.79 Å². The van der Waals surface area contributed by atoms with Crippen LogP contribution in [0.15, 0.2) is 24.3 Å². The smallest absolute Gasteiger partial charge is 0.337 e. The van der Waals surface area contributed by atoms with E-state index in [0.29, 0.717) is 5.56 Å². The molecule has 1 aliphatic heterocycles. The molecule has 22 heavy (non-hydrogen) atoms. The van der Waals surface area contributed by atoms with Crippen molar-refractivity contribution in [2.75, 3.05) is 6.61 Å². The number of aliphatic hydroxyl groups excluding tert-OH is 1. The molecule has 0 saturated carbocycles. The molecule has 7 heteroatoms. The summed E-state index contributed by atoms with van der Waals surface area (Å²) in [6.45, 7) is 6.15. The van der Waals surface area contributed by atoms with Gasteiger partial charge in [0, 0.05) is 0 Å². The highest BCUT2D eigenvalue weighted by Gasteiger charge is 2.54. The minimum atomic E-state index is -0.883. The number of carbonyl (C=O) groups excluding carboxylic acids is 1. The Kier molecular flexibility index (Phi) is 3.88. The van der Waals surface area contributed by atoms with Crippen molar-refractivity contribution in [1.29, 1.82) is 0 Å². The molecule has 1 N–H and O–H groups in total. The van der Waals surface area contributed by atoms with Gasteiger partial charge in [0.2, 0.25) is 0 Å². The lowest BCUT2D eigenvalue weighted by molar-refractivity contribution is -0.539. The molecule has 0 saturated heterocycles. The summed E-state index contributed by atoms with van der Waals surface area (Å²) in [5, 5.41) is 34.3. The first-order valence-corrected chi connectivity index (χ1v) is 6.86. The van der Waals surface area contributed by atoms with Crippen molar-refractivity contribution in [3.05, 3.63) is 40.2 Å². The number of amidine groups is 1. The summed E-state index contributed by atoms with van der Waals surface area (Å²) in [6, 6.07) is 6.00. The third-order valence-corrected chi connectivity index (χ3v) is 4.37. The molecular formula is C15H19N2O5-. The molecular weight excluding hydrogens is 288 g/mol. The minimum Gasteiger partial charge on any atom is -0.715 e. The van der Waals surface area contributed by atoms with E-state index in [1.165, 1.54) is 24.3 Å². The van der Waals surface area contributed by atoms with Gasteiger partial charge < -0.3 is 20.3 Å². The quantitative estimate of drug-likeness (QED) is 0.390. The van der Waals surface area contributed by atoms with Gasteiger partial charge in [-0.3, -0.25) is 9.80 Å². The largest absolute Gasteiger partial charge is 0.715 e. The zero-order valence-corrected chi connectivity index (χ0v) is 13.0. The Morgan fingerprint density at radius 1 is 1.27 bits per heavy atom. The molecule has 0 atom stereocenters. The molecule has 0 radical (unpaired) electrons. The summed E-state index contributed by atoms with van der Waals surface area (Å²) < 4.78 is 5.55. The van der Waals surface area contributed by atoms with E-state index < -0.39 is 23.7 Å². The predicted molar refractivity (Wildman–Crippen MR) is 80.3 cm³/mol. The summed E-state index contributed by atoms with van der Waals surface area (Å²) in [5.74, 6) is -0.524. The predicted octanol–water partition coefficient (Wildman–Crippen LogP) is 1.21. The highest BCUT2D eigenvalue weighted by atomic mass is 16.5. The van der Waals surface area contributed by atoms with Crippen LogP contribution in [0.5, 0.6) is 5.75 Å². The number of benzene rings is 1. The molecule has 1 heterocycles. The number of hydrogen-bond donors (Lipinski definition) is 1. The molecule has 1 aromatic rings. The average Bonchev–Trinajstić information content (AvgIpc) is 2.58. The summed E-state index contributed by atoms with van der Waals surface area (Å²) in [6.07, 6.45) is 0. The number of aliphatic hydroxyl groups is 1. The molecule has 1 aliphatic rings. The van der Waals surface area contributed by atoms with Gasteiger partial charge in [-0.25, -0.2) is 4.79 Å². The number of carbonyl (C=O) groups is 1. The summed E-state index contributed by atoms with van der Waals surface area (Å²) >= 11 is 0. The third-order valence-electron chi connectivity index (χ3n) is 4.37. The summed E-state index contributed by atoms with van der Waals surface area (Å²) in [7, 11) is 0. The summed E-state index contributed by atoms with van der Waals surface area (Å²) in [4.78, 5) is 11.0. The Hall–Kier alpha value is -2.12. The summed E-state index contributed by atoms with van der Waals surface area (Å²) in [5.41, 5.74) is -1.33. The Morgan fingerprint density at radius 2 is 1.82 bits per heavy atom. The first-order chi connectivity index (χ1) is 10.1. The van der Waals surface area contributed by atoms with Crippen molar-refractivity contribution in [3.63, 3.8) is 0 Å². The van der Waals surface area contributed by atoms with Crippen LogP contribution in [0.1, 0.15) is 33.3 Å². The second-order valence-electron chi connectivity index (χ2n) is 6.19. The molecule has 0 fully saturated rings. The first-order valence-electron chi connectivity index (χ1n) is 6.86. The van der Waals surface area contributed by atoms with Crippen molar-refractivity contribution >= 4 is 11.8 Å². The molecule has 2 rings (SSSR count). The number of rotatable bonds is 3. The third kappa shape index (κ3) is 2.32. The number of esters is 1. The molecule has 7 nitrogen and oxygen atoms in total. The number of hydrogen-bond acceptors (Lipinski definition) is 6. The van der Waals surface area contributed by atoms with E-state index in [1.807, 2.05) is 0 Å². The van der Waals surface area contributed by atoms with E-state index in [2.05, 4.69) is 0 Å². The van der Waals surface area contributed by atoms with Crippen molar-refractivity contribution in [2.24, 2.45) is 0 Å². The zero-order chi connectivity index (χ0) is 16.7. The first kappa shape index (κ1) is 16.3. The molecule has 120 valence electrons. The van der Waals surface area contributed by atoms with Gasteiger partial charge in [-0.2, -0.15) is 0 Å². The van der Waals surface area contributed by atoms with Gasteiger partial charge in [0.1, 0.15) is 23.4 Å². The van der Waals surface area contributed by atoms with Gasteiger partial charge in [-0.05, 0) is 52.0 Å². The van der Waals surface area contributed by atoms with Gasteiger partial charge in [0.25, 0.3) is 5.84 Å². The molecule has 0 spiro atoms. The molecule has 0 aliphatic carbocycles. The van der Waals surface area contributed by atoms with Crippen LogP contribution in [0, 0.1) is 10.4 Å². The Morgan fingerprint density at radius 3 is 2.23 bits per heavy atom. The van der Waals surface area contributed by atoms with Crippen molar-refractivity contribution in [1.82, 2.24) is 5.06 Å². The Balaban J connectivity index is 2.36. The van der Waals surface area contributed by atoms with Crippen LogP contribution in [0.3, 0.4) is 0 Å². The SMILES string of the molecule is CC1(C)N([O-])C(c2ccc(OC(=O)CO)cc2)=[N+]([O-])C1(C)C. The van der Waals surface area contributed by atoms with Crippen LogP contribution in [0.2, 0.25) is 0 Å². The van der Waals surface area contributed by atoms with E-state index in [1.54, 1.807) is 27.7 Å². The van der Waals surface area contributed by atoms with Crippen molar-refractivity contribution in [3.8, 4) is 5.75 Å². The highest BCUT2D eigenvalue weighted by molar-refractivity contribution is 5.97. The van der Waals surface area contributed by atoms with E-state index in [4.69, 9.17) is 9.84 Å². The minimum absolute atomic E-state index is 0.0232. The number of ether oxygens (including phenoxy) is 1. The van der Waals surface area contributed by atoms with Crippen LogP contribution >= 0.6 is 0 Å². The zero-order valence-electron chi connectivity index (χ0n) is 13.0. The van der Waals surface area contributed by atoms with Crippen molar-refractivity contribution < 1.29 is 19.4 Å². The molecule has 0 unspecified atom stereocenters. The van der Waals surface area contributed by atoms with Crippen LogP contribution in [0.4, 0.5) is 0 Å². The van der Waals surface area contributed by atoms with Crippen molar-refractivity contribution in [2.45, 2.75) is 38.8 Å². The second-order valence-corrected chi connectivity index (χ2v) is 6.19. The monoisotopic (exact) mass is 307 g/mol. The lowest BCUT2D eigenvalue weighted by Gasteiger charge is -2.39. The average molecular weight is 307 g/mol. The fraction of sp³-hybridized carbons (Fsp3) is 0.467. The highest BCUT2D eigenvalue weighted by Crippen LogP contribution is 2.37. The van der Waals surface area contributed by atoms with Gasteiger partial charge >= 0.3 is 5.97 Å². The van der Waals surface area contributed by atoms with Crippen LogP contribution in [-0.4, -0.2) is 44.4 Å². The van der Waals surface area contributed by atoms with Gasteiger partial charge in [-0.15, -0.1) is 0 Å². The fourth-order valence-corrected chi connectivity index (χ4v) is 2.18. The number of hydroxylamine groups is 3. The van der Waals surface area contributed by atoms with E-state index in [0.717, 1.165) is 9.80 Å². The second kappa shape index (κ2) is 5.26. The normalized spacial score (nSPS) is 19.5. The lowest BCUT2D eigenvalue weighted by Crippen LogP contribution is -2.52. The van der Waals surface area contributed by atoms with Crippen LogP contribution < -0.4 is 4.74 Å². The standard InChI is InChI=1S/C15H19N2O5/c1-14(2)15(3,4)17(21)13(16(14)20)10-5-7-11(8-6-10)22-12(19)9-18/h5-8,18H,9H2,1-4H3/q-1. The van der Waals surface area contributed by atoms with E-state index in [9.17, 15) is 15.2 Å². The van der Waals surface area contributed by atoms with E-state index in [-0.39, 0.29) is 11.6 Å². The van der Waals surface area contributed by atoms with Gasteiger partial charge in [0.15, 0.2) is 0 Å². The van der Waals surface area contributed by atoms with Gasteiger partial charge in [0.05, 0.1) is 5.56 Å². The maximum absolute atomic E-state index is 12.5. The lowest BCUT2D eigenvalue weighted by atomic mass is 9.84. The Labute approximate surface area is 128 Å². The maximum atomic E-state index is 12.5. The molecule has 0 amide bonds. The number of nitrogens with zero attached hydrogens (tertiary/aromatic N) is 2. The topological polar surface area (TPSA) is 98.9 Å². The molecule has 0 aromatic heterocycles. The maximum Gasteiger partial charge on any atom is 0.337 e. The van der Waals surface area contributed by atoms with Gasteiger partial charge in [-0.1, -0.05) is 0 Å². The Bertz CT molecular complexity index is 619. The van der Waals surface area contributed by atoms with E-state index >= 15 is 0 Å². The van der Waals surface area contributed by atoms with Crippen LogP contribution in [0.25, 0.3) is 0 Å².